The molecule has 0 spiro atoms. The number of ether oxygens (including phenoxy) is 1. The van der Waals surface area contributed by atoms with Crippen LogP contribution in [0.4, 0.5) is 4.39 Å². The van der Waals surface area contributed by atoms with Gasteiger partial charge in [0.15, 0.2) is 6.61 Å². The first kappa shape index (κ1) is 23.7. The van der Waals surface area contributed by atoms with Crippen LogP contribution >= 0.6 is 34.5 Å². The number of fused-ring (bicyclic) bond motifs is 1. The molecule has 2 N–H and O–H groups in total. The highest BCUT2D eigenvalue weighted by molar-refractivity contribution is 7.18. The number of carbonyl (C=O) groups excluding carboxylic acids is 2. The first-order chi connectivity index (χ1) is 15.9. The first-order valence-corrected chi connectivity index (χ1v) is 12.1. The van der Waals surface area contributed by atoms with Crippen molar-refractivity contribution in [2.45, 2.75) is 38.3 Å². The summed E-state index contributed by atoms with van der Waals surface area (Å²) >= 11 is 13.2. The van der Waals surface area contributed by atoms with Gasteiger partial charge in [-0.3, -0.25) is 9.59 Å². The van der Waals surface area contributed by atoms with Crippen LogP contribution in [0.25, 0.3) is 10.2 Å². The van der Waals surface area contributed by atoms with Gasteiger partial charge in [-0.25, -0.2) is 9.37 Å². The Labute approximate surface area is 204 Å². The lowest BCUT2D eigenvalue weighted by atomic mass is 9.85. The number of aromatic nitrogens is 1. The summed E-state index contributed by atoms with van der Waals surface area (Å²) in [5.74, 6) is -0.725. The number of hydrogen-bond acceptors (Lipinski definition) is 5. The Morgan fingerprint density at radius 3 is 2.67 bits per heavy atom. The van der Waals surface area contributed by atoms with Crippen LogP contribution < -0.4 is 15.4 Å². The highest BCUT2D eigenvalue weighted by Crippen LogP contribution is 2.27. The van der Waals surface area contributed by atoms with Crippen molar-refractivity contribution >= 4 is 56.6 Å². The second-order valence-electron chi connectivity index (χ2n) is 7.92. The Hall–Kier alpha value is -2.42. The van der Waals surface area contributed by atoms with Crippen LogP contribution in [0.1, 0.15) is 30.7 Å². The average molecular weight is 510 g/mol. The number of thiazole rings is 1. The fourth-order valence-corrected chi connectivity index (χ4v) is 4.99. The van der Waals surface area contributed by atoms with Gasteiger partial charge in [0.25, 0.3) is 5.91 Å². The molecular formula is C23H22Cl2FN3O3S. The van der Waals surface area contributed by atoms with Crippen LogP contribution in [-0.4, -0.2) is 29.4 Å². The molecule has 0 bridgehead atoms. The predicted octanol–water partition coefficient (Wildman–Crippen LogP) is 5.11. The molecule has 2 aromatic carbocycles. The normalized spacial score (nSPS) is 18.2. The number of benzene rings is 2. The van der Waals surface area contributed by atoms with Crippen LogP contribution in [0.15, 0.2) is 36.4 Å². The molecule has 0 saturated heterocycles. The monoisotopic (exact) mass is 509 g/mol. The number of rotatable bonds is 7. The molecule has 1 aliphatic carbocycles. The third-order valence-corrected chi connectivity index (χ3v) is 7.11. The minimum Gasteiger partial charge on any atom is -0.484 e. The summed E-state index contributed by atoms with van der Waals surface area (Å²) in [5.41, 5.74) is 0.832. The van der Waals surface area contributed by atoms with E-state index in [0.29, 0.717) is 37.3 Å². The van der Waals surface area contributed by atoms with E-state index in [1.54, 1.807) is 0 Å². The van der Waals surface area contributed by atoms with E-state index < -0.39 is 5.82 Å². The molecule has 0 atom stereocenters. The lowest BCUT2D eigenvalue weighted by Crippen LogP contribution is -2.42. The van der Waals surface area contributed by atoms with Crippen LogP contribution in [-0.2, 0) is 16.1 Å². The molecule has 0 unspecified atom stereocenters. The van der Waals surface area contributed by atoms with Crippen molar-refractivity contribution in [2.75, 3.05) is 6.61 Å². The Kier molecular flexibility index (Phi) is 7.67. The predicted molar refractivity (Wildman–Crippen MR) is 127 cm³/mol. The van der Waals surface area contributed by atoms with Gasteiger partial charge in [0.1, 0.15) is 16.6 Å². The van der Waals surface area contributed by atoms with Gasteiger partial charge in [-0.2, -0.15) is 0 Å². The molecule has 1 aromatic heterocycles. The molecule has 1 aliphatic rings. The van der Waals surface area contributed by atoms with E-state index in [2.05, 4.69) is 15.6 Å². The molecule has 2 amide bonds. The maximum Gasteiger partial charge on any atom is 0.258 e. The number of amides is 2. The van der Waals surface area contributed by atoms with Gasteiger partial charge < -0.3 is 15.4 Å². The third-order valence-electron chi connectivity index (χ3n) is 5.53. The lowest BCUT2D eigenvalue weighted by molar-refractivity contribution is -0.126. The van der Waals surface area contributed by atoms with Crippen molar-refractivity contribution < 1.29 is 18.7 Å². The zero-order chi connectivity index (χ0) is 23.4. The second-order valence-corrected chi connectivity index (χ2v) is 9.88. The van der Waals surface area contributed by atoms with Gasteiger partial charge in [0.2, 0.25) is 5.91 Å². The van der Waals surface area contributed by atoms with Crippen molar-refractivity contribution in [1.82, 2.24) is 15.6 Å². The van der Waals surface area contributed by atoms with E-state index in [1.165, 1.54) is 23.5 Å². The molecule has 1 saturated carbocycles. The number of nitrogens with zero attached hydrogens (tertiary/aromatic N) is 1. The lowest BCUT2D eigenvalue weighted by Gasteiger charge is -2.28. The summed E-state index contributed by atoms with van der Waals surface area (Å²) in [4.78, 5) is 29.3. The van der Waals surface area contributed by atoms with Crippen LogP contribution in [0.5, 0.6) is 5.75 Å². The highest BCUT2D eigenvalue weighted by atomic mass is 35.5. The molecule has 1 fully saturated rings. The van der Waals surface area contributed by atoms with Crippen LogP contribution in [0.3, 0.4) is 0 Å². The van der Waals surface area contributed by atoms with Gasteiger partial charge in [-0.1, -0.05) is 23.2 Å². The minimum atomic E-state index is -0.598. The van der Waals surface area contributed by atoms with Crippen molar-refractivity contribution in [3.8, 4) is 5.75 Å². The molecule has 4 rings (SSSR count). The van der Waals surface area contributed by atoms with Crippen molar-refractivity contribution in [3.63, 3.8) is 0 Å². The van der Waals surface area contributed by atoms with Gasteiger partial charge in [-0.05, 0) is 56.0 Å². The van der Waals surface area contributed by atoms with Crippen LogP contribution in [0, 0.1) is 11.7 Å². The summed E-state index contributed by atoms with van der Waals surface area (Å²) in [7, 11) is 0. The number of hydrogen-bond donors (Lipinski definition) is 2. The van der Waals surface area contributed by atoms with Gasteiger partial charge in [-0.15, -0.1) is 11.3 Å². The van der Waals surface area contributed by atoms with E-state index in [9.17, 15) is 14.0 Å². The molecule has 174 valence electrons. The molecule has 0 radical (unpaired) electrons. The van der Waals surface area contributed by atoms with E-state index in [4.69, 9.17) is 27.9 Å². The Bertz CT molecular complexity index is 1170. The standard InChI is InChI=1S/C23H22Cl2FN3O3S/c24-14-3-8-20-19(9-14)29-22(33-20)11-27-23(31)13-1-4-15(5-2-13)28-21(30)12-32-16-6-7-17(25)18(26)10-16/h3,6-10,13,15H,1-2,4-5,11-12H2,(H,27,31)(H,28,30). The smallest absolute Gasteiger partial charge is 0.258 e. The molecule has 0 aliphatic heterocycles. The first-order valence-electron chi connectivity index (χ1n) is 10.6. The highest BCUT2D eigenvalue weighted by Gasteiger charge is 2.27. The maximum absolute atomic E-state index is 13.4. The Morgan fingerprint density at radius 1 is 1.12 bits per heavy atom. The van der Waals surface area contributed by atoms with Crippen molar-refractivity contribution in [2.24, 2.45) is 5.92 Å². The topological polar surface area (TPSA) is 80.3 Å². The van der Waals surface area contributed by atoms with Gasteiger partial charge in [0.05, 0.1) is 21.8 Å². The minimum absolute atomic E-state index is 0.00223. The average Bonchev–Trinajstić information content (AvgIpc) is 3.21. The quantitative estimate of drug-likeness (QED) is 0.463. The molecule has 1 heterocycles. The van der Waals surface area contributed by atoms with E-state index in [-0.39, 0.29) is 41.2 Å². The van der Waals surface area contributed by atoms with Crippen LogP contribution in [0.2, 0.25) is 10.0 Å². The van der Waals surface area contributed by atoms with E-state index in [0.717, 1.165) is 21.3 Å². The Balaban J connectivity index is 1.18. The molecular weight excluding hydrogens is 488 g/mol. The summed E-state index contributed by atoms with van der Waals surface area (Å²) < 4.78 is 19.8. The summed E-state index contributed by atoms with van der Waals surface area (Å²) in [5, 5.41) is 7.36. The van der Waals surface area contributed by atoms with Crippen molar-refractivity contribution in [1.29, 1.82) is 0 Å². The van der Waals surface area contributed by atoms with Crippen molar-refractivity contribution in [3.05, 3.63) is 57.3 Å². The summed E-state index contributed by atoms with van der Waals surface area (Å²) in [6.45, 7) is 0.171. The van der Waals surface area contributed by atoms with Gasteiger partial charge >= 0.3 is 0 Å². The second kappa shape index (κ2) is 10.7. The third kappa shape index (κ3) is 6.34. The number of carbonyl (C=O) groups is 2. The van der Waals surface area contributed by atoms with E-state index >= 15 is 0 Å². The molecule has 3 aromatic rings. The fourth-order valence-electron chi connectivity index (χ4n) is 3.82. The SMILES string of the molecule is O=C(COc1ccc(Cl)c(F)c1)NC1CCC(C(=O)NCc2nc3cc(Cl)ccc3s2)CC1. The zero-order valence-electron chi connectivity index (χ0n) is 17.6. The summed E-state index contributed by atoms with van der Waals surface area (Å²) in [6, 6.07) is 9.58. The molecule has 33 heavy (non-hydrogen) atoms. The Morgan fingerprint density at radius 2 is 1.91 bits per heavy atom. The molecule has 10 heteroatoms. The van der Waals surface area contributed by atoms with E-state index in [1.807, 2.05) is 18.2 Å². The fraction of sp³-hybridized carbons (Fsp3) is 0.348. The van der Waals surface area contributed by atoms with Gasteiger partial charge in [0, 0.05) is 23.0 Å². The molecule has 6 nitrogen and oxygen atoms in total. The summed E-state index contributed by atoms with van der Waals surface area (Å²) in [6.07, 6.45) is 2.79. The zero-order valence-corrected chi connectivity index (χ0v) is 19.9. The number of halogens is 3. The maximum atomic E-state index is 13.4. The largest absolute Gasteiger partial charge is 0.484 e. The number of nitrogens with one attached hydrogen (secondary N) is 2.